The Morgan fingerprint density at radius 2 is 1.82 bits per heavy atom. The van der Waals surface area contributed by atoms with E-state index in [-0.39, 0.29) is 11.6 Å². The Kier molecular flexibility index (Phi) is 5.96. The van der Waals surface area contributed by atoms with Crippen LogP contribution in [0.1, 0.15) is 23.2 Å². The predicted molar refractivity (Wildman–Crippen MR) is 129 cm³/mol. The average molecular weight is 460 g/mol. The third-order valence-corrected chi connectivity index (χ3v) is 5.78. The van der Waals surface area contributed by atoms with E-state index in [0.29, 0.717) is 29.3 Å². The van der Waals surface area contributed by atoms with Crippen LogP contribution in [0.15, 0.2) is 59.1 Å². The molecule has 0 atom stereocenters. The molecule has 1 aliphatic heterocycles. The number of aromatic amines is 1. The molecule has 0 radical (unpaired) electrons. The lowest BCUT2D eigenvalue weighted by Gasteiger charge is -2.35. The minimum atomic E-state index is -0.400. The first kappa shape index (κ1) is 21.7. The van der Waals surface area contributed by atoms with Gasteiger partial charge in [0.2, 0.25) is 5.91 Å². The Morgan fingerprint density at radius 1 is 1.03 bits per heavy atom. The second-order valence-electron chi connectivity index (χ2n) is 8.25. The summed E-state index contributed by atoms with van der Waals surface area (Å²) >= 11 is 0. The van der Waals surface area contributed by atoms with Crippen molar-refractivity contribution in [3.63, 3.8) is 0 Å². The van der Waals surface area contributed by atoms with E-state index in [2.05, 4.69) is 60.1 Å². The van der Waals surface area contributed by atoms with Gasteiger partial charge in [-0.2, -0.15) is 5.10 Å². The average Bonchev–Trinajstić information content (AvgIpc) is 3.47. The number of H-pyrrole nitrogens is 1. The van der Waals surface area contributed by atoms with Crippen LogP contribution < -0.4 is 15.5 Å². The summed E-state index contributed by atoms with van der Waals surface area (Å²) in [7, 11) is 0. The molecule has 2 aromatic heterocycles. The molecule has 0 saturated carbocycles. The number of nitrogens with one attached hydrogen (secondary N) is 3. The molecular weight excluding hydrogens is 434 g/mol. The molecule has 3 heterocycles. The molecule has 2 amide bonds. The maximum absolute atomic E-state index is 12.7. The first-order valence-electron chi connectivity index (χ1n) is 11.1. The first-order chi connectivity index (χ1) is 16.5. The van der Waals surface area contributed by atoms with Crippen molar-refractivity contribution in [2.75, 3.05) is 41.7 Å². The topological polar surface area (TPSA) is 119 Å². The number of anilines is 3. The maximum atomic E-state index is 12.7. The molecule has 1 aliphatic rings. The summed E-state index contributed by atoms with van der Waals surface area (Å²) in [4.78, 5) is 28.6. The summed E-state index contributed by atoms with van der Waals surface area (Å²) in [6.07, 6.45) is 0. The summed E-state index contributed by atoms with van der Waals surface area (Å²) in [5.74, 6) is 0.469. The number of amides is 2. The fraction of sp³-hybridized carbons (Fsp3) is 0.250. The third-order valence-electron chi connectivity index (χ3n) is 5.78. The number of piperazine rings is 1. The molecule has 10 nitrogen and oxygen atoms in total. The highest BCUT2D eigenvalue weighted by Crippen LogP contribution is 2.24. The summed E-state index contributed by atoms with van der Waals surface area (Å²) in [6, 6.07) is 17.3. The lowest BCUT2D eigenvalue weighted by Crippen LogP contribution is -2.45. The highest BCUT2D eigenvalue weighted by molar-refractivity contribution is 6.07. The SMILES string of the molecule is CC(=O)Nc1ccc2c(NC(=O)c3cc(CN4CCN(c5ccccc5)CC4)on3)n[nH]c2c1. The zero-order valence-electron chi connectivity index (χ0n) is 18.7. The molecule has 4 aromatic rings. The molecular formula is C24H25N7O3. The van der Waals surface area contributed by atoms with Gasteiger partial charge in [0.1, 0.15) is 0 Å². The zero-order chi connectivity index (χ0) is 23.5. The van der Waals surface area contributed by atoms with E-state index in [1.165, 1.54) is 12.6 Å². The molecule has 10 heteroatoms. The molecule has 0 aliphatic carbocycles. The van der Waals surface area contributed by atoms with Gasteiger partial charge in [-0.15, -0.1) is 0 Å². The predicted octanol–water partition coefficient (Wildman–Crippen LogP) is 3.08. The number of fused-ring (bicyclic) bond motifs is 1. The number of carbonyl (C=O) groups excluding carboxylic acids is 2. The minimum Gasteiger partial charge on any atom is -0.369 e. The second kappa shape index (κ2) is 9.36. The molecule has 1 saturated heterocycles. The van der Waals surface area contributed by atoms with Gasteiger partial charge < -0.3 is 20.1 Å². The van der Waals surface area contributed by atoms with Crippen molar-refractivity contribution < 1.29 is 14.1 Å². The standard InChI is InChI=1S/C24H25N7O3/c1-16(32)25-17-7-8-20-21(13-17)27-28-23(20)26-24(33)22-14-19(34-29-22)15-30-9-11-31(12-10-30)18-5-3-2-4-6-18/h2-8,13-14H,9-12,15H2,1H3,(H,25,32)(H2,26,27,28,33). The quantitative estimate of drug-likeness (QED) is 0.405. The van der Waals surface area contributed by atoms with Gasteiger partial charge in [-0.1, -0.05) is 23.4 Å². The Hall–Kier alpha value is -4.18. The van der Waals surface area contributed by atoms with Gasteiger partial charge in [-0.3, -0.25) is 19.6 Å². The normalized spacial score (nSPS) is 14.3. The van der Waals surface area contributed by atoms with Crippen LogP contribution in [-0.4, -0.2) is 58.2 Å². The maximum Gasteiger partial charge on any atom is 0.279 e. The number of para-hydroxylation sites is 1. The smallest absolute Gasteiger partial charge is 0.279 e. The highest BCUT2D eigenvalue weighted by Gasteiger charge is 2.21. The number of nitrogens with zero attached hydrogens (tertiary/aromatic N) is 4. The molecule has 0 unspecified atom stereocenters. The van der Waals surface area contributed by atoms with Crippen LogP contribution >= 0.6 is 0 Å². The number of rotatable bonds is 6. The van der Waals surface area contributed by atoms with Crippen LogP contribution in [0.3, 0.4) is 0 Å². The van der Waals surface area contributed by atoms with Gasteiger partial charge in [0.05, 0.1) is 12.1 Å². The molecule has 3 N–H and O–H groups in total. The van der Waals surface area contributed by atoms with E-state index < -0.39 is 5.91 Å². The monoisotopic (exact) mass is 459 g/mol. The van der Waals surface area contributed by atoms with E-state index in [4.69, 9.17) is 4.52 Å². The Labute approximate surface area is 195 Å². The number of hydrogen-bond acceptors (Lipinski definition) is 7. The minimum absolute atomic E-state index is 0.160. The van der Waals surface area contributed by atoms with E-state index in [0.717, 1.165) is 31.6 Å². The zero-order valence-corrected chi connectivity index (χ0v) is 18.7. The Morgan fingerprint density at radius 3 is 2.59 bits per heavy atom. The Balaban J connectivity index is 1.18. The van der Waals surface area contributed by atoms with Crippen LogP contribution in [0.5, 0.6) is 0 Å². The molecule has 1 fully saturated rings. The van der Waals surface area contributed by atoms with Crippen LogP contribution in [0.4, 0.5) is 17.2 Å². The molecule has 0 spiro atoms. The van der Waals surface area contributed by atoms with Crippen LogP contribution in [0.25, 0.3) is 10.9 Å². The van der Waals surface area contributed by atoms with Gasteiger partial charge in [-0.25, -0.2) is 0 Å². The number of aromatic nitrogens is 3. The molecule has 2 aromatic carbocycles. The fourth-order valence-corrected chi connectivity index (χ4v) is 4.09. The van der Waals surface area contributed by atoms with Crippen molar-refractivity contribution in [3.8, 4) is 0 Å². The van der Waals surface area contributed by atoms with Gasteiger partial charge in [0, 0.05) is 55.9 Å². The van der Waals surface area contributed by atoms with E-state index in [1.54, 1.807) is 24.3 Å². The third kappa shape index (κ3) is 4.76. The van der Waals surface area contributed by atoms with Crippen molar-refractivity contribution in [1.82, 2.24) is 20.3 Å². The summed E-state index contributed by atoms with van der Waals surface area (Å²) in [6.45, 7) is 5.70. The van der Waals surface area contributed by atoms with Crippen molar-refractivity contribution >= 4 is 39.9 Å². The fourth-order valence-electron chi connectivity index (χ4n) is 4.09. The van der Waals surface area contributed by atoms with Gasteiger partial charge in [-0.05, 0) is 30.3 Å². The Bertz CT molecular complexity index is 1310. The second-order valence-corrected chi connectivity index (χ2v) is 8.25. The summed E-state index contributed by atoms with van der Waals surface area (Å²) in [5, 5.41) is 17.2. The molecule has 0 bridgehead atoms. The largest absolute Gasteiger partial charge is 0.369 e. The van der Waals surface area contributed by atoms with Crippen molar-refractivity contribution in [3.05, 3.63) is 66.1 Å². The van der Waals surface area contributed by atoms with E-state index in [1.807, 2.05) is 6.07 Å². The van der Waals surface area contributed by atoms with Gasteiger partial charge in [0.25, 0.3) is 5.91 Å². The van der Waals surface area contributed by atoms with Crippen molar-refractivity contribution in [2.45, 2.75) is 13.5 Å². The van der Waals surface area contributed by atoms with Crippen LogP contribution in [0, 0.1) is 0 Å². The summed E-state index contributed by atoms with van der Waals surface area (Å²) in [5.41, 5.74) is 2.77. The molecule has 174 valence electrons. The molecule has 34 heavy (non-hydrogen) atoms. The van der Waals surface area contributed by atoms with Gasteiger partial charge in [0.15, 0.2) is 17.3 Å². The van der Waals surface area contributed by atoms with Gasteiger partial charge >= 0.3 is 0 Å². The van der Waals surface area contributed by atoms with Crippen molar-refractivity contribution in [2.24, 2.45) is 0 Å². The number of benzene rings is 2. The van der Waals surface area contributed by atoms with Crippen LogP contribution in [0.2, 0.25) is 0 Å². The van der Waals surface area contributed by atoms with Crippen molar-refractivity contribution in [1.29, 1.82) is 0 Å². The first-order valence-corrected chi connectivity index (χ1v) is 11.1. The highest BCUT2D eigenvalue weighted by atomic mass is 16.5. The number of hydrogen-bond donors (Lipinski definition) is 3. The number of carbonyl (C=O) groups is 2. The molecule has 5 rings (SSSR count). The lowest BCUT2D eigenvalue weighted by molar-refractivity contribution is -0.114. The summed E-state index contributed by atoms with van der Waals surface area (Å²) < 4.78 is 5.42. The van der Waals surface area contributed by atoms with E-state index in [9.17, 15) is 9.59 Å². The van der Waals surface area contributed by atoms with Crippen LogP contribution in [-0.2, 0) is 11.3 Å². The van der Waals surface area contributed by atoms with E-state index >= 15 is 0 Å². The lowest BCUT2D eigenvalue weighted by atomic mass is 10.2.